The third-order valence-electron chi connectivity index (χ3n) is 1.55. The average Bonchev–Trinajstić information content (AvgIpc) is 2.16. The first kappa shape index (κ1) is 11.0. The predicted octanol–water partition coefficient (Wildman–Crippen LogP) is 1.73. The number of hydrogen-bond donors (Lipinski definition) is 1. The molecule has 0 atom stereocenters. The van der Waals surface area contributed by atoms with Crippen molar-refractivity contribution in [1.82, 2.24) is 4.98 Å². The second-order valence-corrected chi connectivity index (χ2v) is 2.47. The molecule has 4 nitrogen and oxygen atoms in total. The van der Waals surface area contributed by atoms with Gasteiger partial charge in [-0.15, -0.1) is 0 Å². The molecule has 0 aromatic carbocycles. The van der Waals surface area contributed by atoms with Crippen molar-refractivity contribution in [2.45, 2.75) is 6.43 Å². The molecule has 15 heavy (non-hydrogen) atoms. The molecule has 0 aliphatic rings. The highest BCUT2D eigenvalue weighted by atomic mass is 19.3. The number of alkyl halides is 2. The summed E-state index contributed by atoms with van der Waals surface area (Å²) in [6.07, 6.45) is -3.08. The Morgan fingerprint density at radius 1 is 1.60 bits per heavy atom. The maximum atomic E-state index is 12.9. The second kappa shape index (κ2) is 3.96. The van der Waals surface area contributed by atoms with Crippen molar-refractivity contribution >= 4 is 5.97 Å². The van der Waals surface area contributed by atoms with Crippen molar-refractivity contribution in [3.63, 3.8) is 0 Å². The standard InChI is InChI=1S/C8H3F3N2O2/c9-4-1-3(7(10)11)5(2-12)13-6(4)8(14)15/h1,7H,(H,14,15). The van der Waals surface area contributed by atoms with Crippen molar-refractivity contribution < 1.29 is 23.1 Å². The normalized spacial score (nSPS) is 10.1. The van der Waals surface area contributed by atoms with E-state index >= 15 is 0 Å². The molecule has 0 aliphatic heterocycles. The van der Waals surface area contributed by atoms with Crippen LogP contribution in [-0.4, -0.2) is 16.1 Å². The van der Waals surface area contributed by atoms with Gasteiger partial charge in [-0.1, -0.05) is 0 Å². The lowest BCUT2D eigenvalue weighted by Crippen LogP contribution is -2.08. The molecule has 7 heteroatoms. The fourth-order valence-electron chi connectivity index (χ4n) is 0.909. The van der Waals surface area contributed by atoms with Gasteiger partial charge in [0.05, 0.1) is 5.56 Å². The average molecular weight is 216 g/mol. The Balaban J connectivity index is 3.44. The van der Waals surface area contributed by atoms with Crippen LogP contribution in [0.5, 0.6) is 0 Å². The number of carboxylic acid groups (broad SMARTS) is 1. The molecule has 1 N–H and O–H groups in total. The van der Waals surface area contributed by atoms with Gasteiger partial charge in [0.1, 0.15) is 6.07 Å². The number of rotatable bonds is 2. The summed E-state index contributed by atoms with van der Waals surface area (Å²) < 4.78 is 37.3. The fourth-order valence-corrected chi connectivity index (χ4v) is 0.909. The summed E-state index contributed by atoms with van der Waals surface area (Å²) in [6, 6.07) is 1.58. The number of nitrogens with zero attached hydrogens (tertiary/aromatic N) is 2. The Morgan fingerprint density at radius 3 is 2.60 bits per heavy atom. The number of carbonyl (C=O) groups is 1. The van der Waals surface area contributed by atoms with Gasteiger partial charge in [-0.3, -0.25) is 0 Å². The molecule has 78 valence electrons. The highest BCUT2D eigenvalue weighted by Crippen LogP contribution is 2.23. The van der Waals surface area contributed by atoms with E-state index < -0.39 is 35.2 Å². The minimum Gasteiger partial charge on any atom is -0.476 e. The monoisotopic (exact) mass is 216 g/mol. The van der Waals surface area contributed by atoms with E-state index in [0.717, 1.165) is 0 Å². The smallest absolute Gasteiger partial charge is 0.357 e. The van der Waals surface area contributed by atoms with E-state index in [1.54, 1.807) is 0 Å². The van der Waals surface area contributed by atoms with Crippen LogP contribution in [0.2, 0.25) is 0 Å². The van der Waals surface area contributed by atoms with Gasteiger partial charge in [0.2, 0.25) is 0 Å². The van der Waals surface area contributed by atoms with Crippen molar-refractivity contribution in [2.24, 2.45) is 0 Å². The molecule has 0 radical (unpaired) electrons. The van der Waals surface area contributed by atoms with Crippen LogP contribution in [0.1, 0.15) is 28.2 Å². The Bertz CT molecular complexity index is 454. The Labute approximate surface area is 81.6 Å². The summed E-state index contributed by atoms with van der Waals surface area (Å²) >= 11 is 0. The quantitative estimate of drug-likeness (QED) is 0.816. The lowest BCUT2D eigenvalue weighted by atomic mass is 10.2. The third-order valence-corrected chi connectivity index (χ3v) is 1.55. The summed E-state index contributed by atoms with van der Waals surface area (Å²) in [4.78, 5) is 13.4. The third kappa shape index (κ3) is 2.04. The van der Waals surface area contributed by atoms with E-state index in [9.17, 15) is 18.0 Å². The molecule has 1 aromatic heterocycles. The van der Waals surface area contributed by atoms with Crippen LogP contribution >= 0.6 is 0 Å². The Morgan fingerprint density at radius 2 is 2.20 bits per heavy atom. The first-order valence-electron chi connectivity index (χ1n) is 3.59. The zero-order chi connectivity index (χ0) is 11.6. The summed E-state index contributed by atoms with van der Waals surface area (Å²) in [5.74, 6) is -3.11. The molecule has 0 saturated carbocycles. The van der Waals surface area contributed by atoms with Crippen molar-refractivity contribution in [3.05, 3.63) is 28.8 Å². The second-order valence-electron chi connectivity index (χ2n) is 2.47. The maximum absolute atomic E-state index is 12.9. The van der Waals surface area contributed by atoms with E-state index in [1.807, 2.05) is 0 Å². The lowest BCUT2D eigenvalue weighted by Gasteiger charge is -2.03. The molecule has 1 rings (SSSR count). The van der Waals surface area contributed by atoms with Gasteiger partial charge in [-0.25, -0.2) is 22.9 Å². The summed E-state index contributed by atoms with van der Waals surface area (Å²) in [7, 11) is 0. The largest absolute Gasteiger partial charge is 0.476 e. The molecule has 0 amide bonds. The molecule has 0 spiro atoms. The van der Waals surface area contributed by atoms with Crippen molar-refractivity contribution in [3.8, 4) is 6.07 Å². The van der Waals surface area contributed by atoms with Crippen LogP contribution in [0.25, 0.3) is 0 Å². The van der Waals surface area contributed by atoms with Gasteiger partial charge in [-0.2, -0.15) is 5.26 Å². The van der Waals surface area contributed by atoms with Crippen LogP contribution in [0.15, 0.2) is 6.07 Å². The molecular formula is C8H3F3N2O2. The van der Waals surface area contributed by atoms with Crippen LogP contribution in [0.4, 0.5) is 13.2 Å². The van der Waals surface area contributed by atoms with Gasteiger partial charge >= 0.3 is 5.97 Å². The number of aromatic carboxylic acids is 1. The Kier molecular flexibility index (Phi) is 2.90. The number of halogens is 3. The highest BCUT2D eigenvalue weighted by Gasteiger charge is 2.21. The summed E-state index contributed by atoms with van der Waals surface area (Å²) in [5, 5.41) is 16.8. The number of carboxylic acids is 1. The first-order chi connectivity index (χ1) is 6.97. The lowest BCUT2D eigenvalue weighted by molar-refractivity contribution is 0.0683. The highest BCUT2D eigenvalue weighted by molar-refractivity contribution is 5.85. The number of pyridine rings is 1. The van der Waals surface area contributed by atoms with Gasteiger partial charge in [-0.05, 0) is 6.07 Å². The van der Waals surface area contributed by atoms with Crippen LogP contribution < -0.4 is 0 Å². The van der Waals surface area contributed by atoms with Crippen molar-refractivity contribution in [2.75, 3.05) is 0 Å². The minimum atomic E-state index is -3.08. The molecule has 0 bridgehead atoms. The van der Waals surface area contributed by atoms with Gasteiger partial charge in [0.15, 0.2) is 17.2 Å². The molecular weight excluding hydrogens is 213 g/mol. The molecule has 1 heterocycles. The topological polar surface area (TPSA) is 74.0 Å². The molecule has 0 fully saturated rings. The SMILES string of the molecule is N#Cc1nc(C(=O)O)c(F)cc1C(F)F. The van der Waals surface area contributed by atoms with E-state index in [4.69, 9.17) is 10.4 Å². The molecule has 0 aliphatic carbocycles. The summed E-state index contributed by atoms with van der Waals surface area (Å²) in [5.41, 5.74) is -2.75. The molecule has 0 unspecified atom stereocenters. The Hall–Kier alpha value is -2.10. The number of aromatic nitrogens is 1. The van der Waals surface area contributed by atoms with E-state index in [2.05, 4.69) is 4.98 Å². The first-order valence-corrected chi connectivity index (χ1v) is 3.59. The predicted molar refractivity (Wildman–Crippen MR) is 40.8 cm³/mol. The van der Waals surface area contributed by atoms with E-state index in [0.29, 0.717) is 6.07 Å². The van der Waals surface area contributed by atoms with Crippen molar-refractivity contribution in [1.29, 1.82) is 5.26 Å². The van der Waals surface area contributed by atoms with Crippen LogP contribution in [0.3, 0.4) is 0 Å². The number of hydrogen-bond acceptors (Lipinski definition) is 3. The number of nitriles is 1. The van der Waals surface area contributed by atoms with Crippen LogP contribution in [0, 0.1) is 17.1 Å². The van der Waals surface area contributed by atoms with Gasteiger partial charge in [0.25, 0.3) is 6.43 Å². The van der Waals surface area contributed by atoms with Gasteiger partial charge < -0.3 is 5.11 Å². The summed E-state index contributed by atoms with van der Waals surface area (Å²) in [6.45, 7) is 0. The van der Waals surface area contributed by atoms with Crippen LogP contribution in [-0.2, 0) is 0 Å². The van der Waals surface area contributed by atoms with Gasteiger partial charge in [0, 0.05) is 0 Å². The zero-order valence-corrected chi connectivity index (χ0v) is 7.04. The molecule has 0 saturated heterocycles. The van der Waals surface area contributed by atoms with E-state index in [-0.39, 0.29) is 0 Å². The minimum absolute atomic E-state index is 0.305. The maximum Gasteiger partial charge on any atom is 0.357 e. The fraction of sp³-hybridized carbons (Fsp3) is 0.125. The van der Waals surface area contributed by atoms with E-state index in [1.165, 1.54) is 6.07 Å². The zero-order valence-electron chi connectivity index (χ0n) is 7.04. The molecule has 1 aromatic rings.